The molecule has 2 heterocycles. The number of benzene rings is 3. The second-order valence-electron chi connectivity index (χ2n) is 7.40. The first-order valence-corrected chi connectivity index (χ1v) is 10.5. The van der Waals surface area contributed by atoms with E-state index in [1.165, 1.54) is 0 Å². The molecular weight excluding hydrogens is 442 g/mol. The zero-order chi connectivity index (χ0) is 20.7. The Kier molecular flexibility index (Phi) is 4.71. The van der Waals surface area contributed by atoms with Crippen LogP contribution < -0.4 is 10.9 Å². The van der Waals surface area contributed by atoms with Crippen LogP contribution >= 0.6 is 15.9 Å². The van der Waals surface area contributed by atoms with Crippen LogP contribution in [0.5, 0.6) is 0 Å². The van der Waals surface area contributed by atoms with E-state index in [1.807, 2.05) is 66.7 Å². The molecule has 1 aliphatic rings. The van der Waals surface area contributed by atoms with Crippen molar-refractivity contribution >= 4 is 38.4 Å². The molecule has 1 amide bonds. The van der Waals surface area contributed by atoms with E-state index in [4.69, 9.17) is 4.98 Å². The molecular formula is C24H18BrN3O2. The number of hydrogen-bond donors (Lipinski definition) is 1. The van der Waals surface area contributed by atoms with Gasteiger partial charge in [0.1, 0.15) is 5.82 Å². The van der Waals surface area contributed by atoms with E-state index in [0.717, 1.165) is 21.3 Å². The minimum atomic E-state index is -0.396. The summed E-state index contributed by atoms with van der Waals surface area (Å²) in [6.07, 6.45) is 0.349. The summed E-state index contributed by atoms with van der Waals surface area (Å²) < 4.78 is 2.61. The number of aromatic nitrogens is 2. The maximum Gasteiger partial charge on any atom is 0.261 e. The number of anilines is 1. The maximum atomic E-state index is 13.3. The second-order valence-corrected chi connectivity index (χ2v) is 8.32. The van der Waals surface area contributed by atoms with Gasteiger partial charge in [-0.1, -0.05) is 58.4 Å². The Bertz CT molecular complexity index is 1330. The Hall–Kier alpha value is -3.25. The van der Waals surface area contributed by atoms with Gasteiger partial charge >= 0.3 is 0 Å². The van der Waals surface area contributed by atoms with Gasteiger partial charge in [-0.05, 0) is 41.5 Å². The molecule has 1 atom stereocenters. The highest BCUT2D eigenvalue weighted by Gasteiger charge is 2.32. The SMILES string of the molecule is O=C1Nc2ccc(Br)cc2[C@@H]1Cc1nc2ccccc2c(=O)n1Cc1ccccc1. The molecule has 0 bridgehead atoms. The Morgan fingerprint density at radius 2 is 1.73 bits per heavy atom. The van der Waals surface area contributed by atoms with Gasteiger partial charge in [-0.15, -0.1) is 0 Å². The molecule has 1 N–H and O–H groups in total. The molecule has 0 aliphatic carbocycles. The van der Waals surface area contributed by atoms with Crippen molar-refractivity contribution < 1.29 is 4.79 Å². The number of para-hydroxylation sites is 1. The number of rotatable bonds is 4. The molecule has 1 aromatic heterocycles. The summed E-state index contributed by atoms with van der Waals surface area (Å²) in [6.45, 7) is 0.409. The van der Waals surface area contributed by atoms with E-state index < -0.39 is 5.92 Å². The summed E-state index contributed by atoms with van der Waals surface area (Å²) in [5.74, 6) is 0.139. The largest absolute Gasteiger partial charge is 0.325 e. The topological polar surface area (TPSA) is 64.0 Å². The summed E-state index contributed by atoms with van der Waals surface area (Å²) in [7, 11) is 0. The van der Waals surface area contributed by atoms with Gasteiger partial charge in [-0.3, -0.25) is 14.2 Å². The highest BCUT2D eigenvalue weighted by molar-refractivity contribution is 9.10. The van der Waals surface area contributed by atoms with Gasteiger partial charge in [0.15, 0.2) is 0 Å². The number of hydrogen-bond acceptors (Lipinski definition) is 3. The number of carbonyl (C=O) groups is 1. The summed E-state index contributed by atoms with van der Waals surface area (Å²) in [4.78, 5) is 30.8. The molecule has 6 heteroatoms. The van der Waals surface area contributed by atoms with Gasteiger partial charge in [0, 0.05) is 16.6 Å². The maximum absolute atomic E-state index is 13.3. The number of nitrogens with one attached hydrogen (secondary N) is 1. The summed E-state index contributed by atoms with van der Waals surface area (Å²) in [5, 5.41) is 3.52. The van der Waals surface area contributed by atoms with Crippen LogP contribution in [0.2, 0.25) is 0 Å². The van der Waals surface area contributed by atoms with E-state index in [9.17, 15) is 9.59 Å². The molecule has 5 rings (SSSR count). The summed E-state index contributed by atoms with van der Waals surface area (Å²) >= 11 is 3.49. The predicted molar refractivity (Wildman–Crippen MR) is 121 cm³/mol. The van der Waals surface area contributed by atoms with Gasteiger partial charge < -0.3 is 5.32 Å². The molecule has 5 nitrogen and oxygen atoms in total. The lowest BCUT2D eigenvalue weighted by Gasteiger charge is -2.16. The highest BCUT2D eigenvalue weighted by Crippen LogP contribution is 2.36. The summed E-state index contributed by atoms with van der Waals surface area (Å²) in [6, 6.07) is 22.9. The Balaban J connectivity index is 1.63. The Labute approximate surface area is 181 Å². The number of amides is 1. The van der Waals surface area contributed by atoms with Crippen LogP contribution in [0.15, 0.2) is 82.1 Å². The summed E-state index contributed by atoms with van der Waals surface area (Å²) in [5.41, 5.74) is 3.30. The van der Waals surface area contributed by atoms with Crippen LogP contribution in [-0.2, 0) is 17.8 Å². The third-order valence-corrected chi connectivity index (χ3v) is 5.97. The standard InChI is InChI=1S/C24H18BrN3O2/c25-16-10-11-21-18(12-16)19(23(29)27-21)13-22-26-20-9-5-4-8-17(20)24(30)28(22)14-15-6-2-1-3-7-15/h1-12,19H,13-14H2,(H,27,29)/t19-/m0/s1. The van der Waals surface area contributed by atoms with Crippen molar-refractivity contribution in [3.05, 3.63) is 105 Å². The molecule has 30 heavy (non-hydrogen) atoms. The fourth-order valence-electron chi connectivity index (χ4n) is 3.98. The van der Waals surface area contributed by atoms with Crippen LogP contribution in [0.4, 0.5) is 5.69 Å². The van der Waals surface area contributed by atoms with Crippen molar-refractivity contribution in [1.82, 2.24) is 9.55 Å². The molecule has 0 unspecified atom stereocenters. The van der Waals surface area contributed by atoms with E-state index in [0.29, 0.717) is 29.7 Å². The molecule has 0 spiro atoms. The van der Waals surface area contributed by atoms with Crippen LogP contribution in [0.1, 0.15) is 22.9 Å². The van der Waals surface area contributed by atoms with E-state index in [2.05, 4.69) is 21.2 Å². The lowest BCUT2D eigenvalue weighted by molar-refractivity contribution is -0.117. The molecule has 148 valence electrons. The van der Waals surface area contributed by atoms with Gasteiger partial charge in [0.25, 0.3) is 5.56 Å². The first kappa shape index (κ1) is 18.8. The van der Waals surface area contributed by atoms with Crippen LogP contribution in [0.25, 0.3) is 10.9 Å². The third kappa shape index (κ3) is 3.33. The van der Waals surface area contributed by atoms with Crippen LogP contribution in [0.3, 0.4) is 0 Å². The van der Waals surface area contributed by atoms with Crippen molar-refractivity contribution in [3.8, 4) is 0 Å². The van der Waals surface area contributed by atoms with E-state index in [1.54, 1.807) is 10.6 Å². The Morgan fingerprint density at radius 3 is 2.57 bits per heavy atom. The molecule has 0 saturated heterocycles. The molecule has 1 aliphatic heterocycles. The minimum Gasteiger partial charge on any atom is -0.325 e. The zero-order valence-corrected chi connectivity index (χ0v) is 17.6. The fourth-order valence-corrected chi connectivity index (χ4v) is 4.36. The number of carbonyl (C=O) groups excluding carboxylic acids is 1. The van der Waals surface area contributed by atoms with Gasteiger partial charge in [-0.25, -0.2) is 4.98 Å². The molecule has 0 radical (unpaired) electrons. The van der Waals surface area contributed by atoms with Gasteiger partial charge in [0.05, 0.1) is 23.4 Å². The fraction of sp³-hybridized carbons (Fsp3) is 0.125. The van der Waals surface area contributed by atoms with Gasteiger partial charge in [0.2, 0.25) is 5.91 Å². The quantitative estimate of drug-likeness (QED) is 0.489. The lowest BCUT2D eigenvalue weighted by Crippen LogP contribution is -2.28. The van der Waals surface area contributed by atoms with Crippen molar-refractivity contribution in [2.45, 2.75) is 18.9 Å². The van der Waals surface area contributed by atoms with Crippen molar-refractivity contribution in [2.75, 3.05) is 5.32 Å². The van der Waals surface area contributed by atoms with Crippen molar-refractivity contribution in [3.63, 3.8) is 0 Å². The van der Waals surface area contributed by atoms with Crippen LogP contribution in [-0.4, -0.2) is 15.5 Å². The second kappa shape index (κ2) is 7.54. The highest BCUT2D eigenvalue weighted by atomic mass is 79.9. The average Bonchev–Trinajstić information content (AvgIpc) is 3.06. The average molecular weight is 460 g/mol. The zero-order valence-electron chi connectivity index (χ0n) is 16.0. The lowest BCUT2D eigenvalue weighted by atomic mass is 9.96. The van der Waals surface area contributed by atoms with Gasteiger partial charge in [-0.2, -0.15) is 0 Å². The van der Waals surface area contributed by atoms with E-state index in [-0.39, 0.29) is 11.5 Å². The normalized spacial score (nSPS) is 15.2. The first-order chi connectivity index (χ1) is 14.6. The molecule has 3 aromatic carbocycles. The predicted octanol–water partition coefficient (Wildman–Crippen LogP) is 4.49. The molecule has 0 saturated carbocycles. The number of fused-ring (bicyclic) bond motifs is 2. The molecule has 4 aromatic rings. The third-order valence-electron chi connectivity index (χ3n) is 5.47. The number of nitrogens with zero attached hydrogens (tertiary/aromatic N) is 2. The van der Waals surface area contributed by atoms with Crippen LogP contribution in [0, 0.1) is 0 Å². The minimum absolute atomic E-state index is 0.0724. The number of halogens is 1. The first-order valence-electron chi connectivity index (χ1n) is 9.73. The van der Waals surface area contributed by atoms with Crippen molar-refractivity contribution in [1.29, 1.82) is 0 Å². The van der Waals surface area contributed by atoms with E-state index >= 15 is 0 Å². The smallest absolute Gasteiger partial charge is 0.261 e. The molecule has 0 fully saturated rings. The monoisotopic (exact) mass is 459 g/mol. The van der Waals surface area contributed by atoms with Crippen molar-refractivity contribution in [2.24, 2.45) is 0 Å². The Morgan fingerprint density at radius 1 is 0.967 bits per heavy atom.